The van der Waals surface area contributed by atoms with Crippen molar-refractivity contribution >= 4 is 17.3 Å². The van der Waals surface area contributed by atoms with Gasteiger partial charge in [-0.25, -0.2) is 0 Å². The van der Waals surface area contributed by atoms with Crippen LogP contribution in [0.3, 0.4) is 0 Å². The van der Waals surface area contributed by atoms with Crippen LogP contribution < -0.4 is 5.73 Å². The number of rotatable bonds is 6. The fourth-order valence-electron chi connectivity index (χ4n) is 1.76. The Kier molecular flexibility index (Phi) is 4.29. The maximum absolute atomic E-state index is 11.3. The lowest BCUT2D eigenvalue weighted by molar-refractivity contribution is -0.148. The first-order valence-electron chi connectivity index (χ1n) is 5.10. The fraction of sp³-hybridized carbons (Fsp3) is 0.545. The van der Waals surface area contributed by atoms with E-state index in [0.29, 0.717) is 12.8 Å². The molecule has 1 unspecified atom stereocenters. The number of hydrogen-bond donors (Lipinski definition) is 2. The number of nitrogens with two attached hydrogens (primary N) is 1. The summed E-state index contributed by atoms with van der Waals surface area (Å²) in [6.45, 7) is 2.19. The highest BCUT2D eigenvalue weighted by Crippen LogP contribution is 2.29. The van der Waals surface area contributed by atoms with Crippen molar-refractivity contribution in [1.82, 2.24) is 0 Å². The highest BCUT2D eigenvalue weighted by atomic mass is 32.1. The van der Waals surface area contributed by atoms with Crippen LogP contribution in [-0.4, -0.2) is 17.6 Å². The maximum atomic E-state index is 11.3. The van der Waals surface area contributed by atoms with E-state index in [9.17, 15) is 9.90 Å². The number of carboxylic acids is 1. The van der Waals surface area contributed by atoms with E-state index in [4.69, 9.17) is 5.73 Å². The minimum absolute atomic E-state index is 0.202. The standard InChI is InChI=1S/C11H17NO2S/c1-2-5-11(8-12,10(13)14)7-9-4-3-6-15-9/h3-4,6H,2,5,7-8,12H2,1H3,(H,13,14). The van der Waals surface area contributed by atoms with Gasteiger partial charge in [-0.1, -0.05) is 19.4 Å². The Morgan fingerprint density at radius 2 is 2.40 bits per heavy atom. The van der Waals surface area contributed by atoms with E-state index in [1.165, 1.54) is 0 Å². The van der Waals surface area contributed by atoms with Gasteiger partial charge in [0, 0.05) is 11.4 Å². The van der Waals surface area contributed by atoms with E-state index in [0.717, 1.165) is 11.3 Å². The second-order valence-electron chi connectivity index (χ2n) is 3.80. The average molecular weight is 227 g/mol. The van der Waals surface area contributed by atoms with Gasteiger partial charge in [-0.2, -0.15) is 0 Å². The molecule has 0 amide bonds. The van der Waals surface area contributed by atoms with Gasteiger partial charge < -0.3 is 10.8 Å². The van der Waals surface area contributed by atoms with Crippen LogP contribution in [0.25, 0.3) is 0 Å². The van der Waals surface area contributed by atoms with Gasteiger partial charge in [0.05, 0.1) is 5.41 Å². The van der Waals surface area contributed by atoms with Crippen LogP contribution in [-0.2, 0) is 11.2 Å². The second-order valence-corrected chi connectivity index (χ2v) is 4.83. The molecule has 1 aromatic rings. The molecule has 0 aliphatic carbocycles. The lowest BCUT2D eigenvalue weighted by Crippen LogP contribution is -2.40. The molecule has 4 heteroatoms. The third kappa shape index (κ3) is 2.79. The Balaban J connectivity index is 2.84. The van der Waals surface area contributed by atoms with Crippen LogP contribution in [0, 0.1) is 5.41 Å². The van der Waals surface area contributed by atoms with Crippen LogP contribution in [0.1, 0.15) is 24.6 Å². The third-order valence-corrected chi connectivity index (χ3v) is 3.54. The monoisotopic (exact) mass is 227 g/mol. The van der Waals surface area contributed by atoms with Gasteiger partial charge in [0.2, 0.25) is 0 Å². The number of hydrogen-bond acceptors (Lipinski definition) is 3. The van der Waals surface area contributed by atoms with Gasteiger partial charge in [0.1, 0.15) is 0 Å². The van der Waals surface area contributed by atoms with Gasteiger partial charge in [-0.3, -0.25) is 4.79 Å². The zero-order valence-corrected chi connectivity index (χ0v) is 9.72. The first kappa shape index (κ1) is 12.2. The van der Waals surface area contributed by atoms with E-state index in [1.807, 2.05) is 24.4 Å². The van der Waals surface area contributed by atoms with Crippen molar-refractivity contribution < 1.29 is 9.90 Å². The molecule has 1 aromatic heterocycles. The molecule has 0 bridgehead atoms. The SMILES string of the molecule is CCCC(CN)(Cc1cccs1)C(=O)O. The Morgan fingerprint density at radius 1 is 1.67 bits per heavy atom. The zero-order valence-electron chi connectivity index (χ0n) is 8.90. The summed E-state index contributed by atoms with van der Waals surface area (Å²) in [4.78, 5) is 12.4. The number of thiophene rings is 1. The van der Waals surface area contributed by atoms with Gasteiger partial charge in [-0.05, 0) is 24.3 Å². The van der Waals surface area contributed by atoms with Gasteiger partial charge in [0.15, 0.2) is 0 Å². The highest BCUT2D eigenvalue weighted by molar-refractivity contribution is 7.09. The smallest absolute Gasteiger partial charge is 0.311 e. The molecule has 1 rings (SSSR count). The van der Waals surface area contributed by atoms with Crippen molar-refractivity contribution in [1.29, 1.82) is 0 Å². The first-order valence-corrected chi connectivity index (χ1v) is 5.98. The van der Waals surface area contributed by atoms with E-state index < -0.39 is 11.4 Å². The molecule has 0 saturated heterocycles. The van der Waals surface area contributed by atoms with Crippen molar-refractivity contribution in [2.45, 2.75) is 26.2 Å². The van der Waals surface area contributed by atoms with Gasteiger partial charge in [0.25, 0.3) is 0 Å². The van der Waals surface area contributed by atoms with E-state index in [2.05, 4.69) is 0 Å². The molecule has 0 spiro atoms. The average Bonchev–Trinajstić information content (AvgIpc) is 2.69. The maximum Gasteiger partial charge on any atom is 0.311 e. The molecule has 0 fully saturated rings. The molecule has 0 aromatic carbocycles. The lowest BCUT2D eigenvalue weighted by atomic mass is 9.80. The molecule has 3 N–H and O–H groups in total. The van der Waals surface area contributed by atoms with Crippen molar-refractivity contribution in [2.24, 2.45) is 11.1 Å². The molecule has 15 heavy (non-hydrogen) atoms. The summed E-state index contributed by atoms with van der Waals surface area (Å²) >= 11 is 1.59. The summed E-state index contributed by atoms with van der Waals surface area (Å²) in [5.41, 5.74) is 4.86. The Hall–Kier alpha value is -0.870. The number of carboxylic acid groups (broad SMARTS) is 1. The topological polar surface area (TPSA) is 63.3 Å². The summed E-state index contributed by atoms with van der Waals surface area (Å²) in [6, 6.07) is 3.91. The molecule has 3 nitrogen and oxygen atoms in total. The molecule has 0 aliphatic rings. The fourth-order valence-corrected chi connectivity index (χ4v) is 2.61. The summed E-state index contributed by atoms with van der Waals surface area (Å²) in [6.07, 6.45) is 2.02. The molecule has 1 atom stereocenters. The summed E-state index contributed by atoms with van der Waals surface area (Å²) in [7, 11) is 0. The van der Waals surface area contributed by atoms with Crippen molar-refractivity contribution in [3.63, 3.8) is 0 Å². The first-order chi connectivity index (χ1) is 7.14. The molecular weight excluding hydrogens is 210 g/mol. The van der Waals surface area contributed by atoms with E-state index in [1.54, 1.807) is 11.3 Å². The molecule has 0 aliphatic heterocycles. The lowest BCUT2D eigenvalue weighted by Gasteiger charge is -2.26. The Bertz CT molecular complexity index is 310. The summed E-state index contributed by atoms with van der Waals surface area (Å²) < 4.78 is 0. The van der Waals surface area contributed by atoms with Crippen molar-refractivity contribution in [3.05, 3.63) is 22.4 Å². The van der Waals surface area contributed by atoms with Crippen LogP contribution in [0.4, 0.5) is 0 Å². The van der Waals surface area contributed by atoms with Crippen molar-refractivity contribution in [3.8, 4) is 0 Å². The molecular formula is C11H17NO2S. The Labute approximate surface area is 93.9 Å². The summed E-state index contributed by atoms with van der Waals surface area (Å²) in [5.74, 6) is -0.778. The molecule has 84 valence electrons. The largest absolute Gasteiger partial charge is 0.481 e. The van der Waals surface area contributed by atoms with Crippen LogP contribution in [0.2, 0.25) is 0 Å². The molecule has 0 radical (unpaired) electrons. The number of aliphatic carboxylic acids is 1. The van der Waals surface area contributed by atoms with E-state index in [-0.39, 0.29) is 6.54 Å². The van der Waals surface area contributed by atoms with Gasteiger partial charge in [-0.15, -0.1) is 11.3 Å². The van der Waals surface area contributed by atoms with Crippen molar-refractivity contribution in [2.75, 3.05) is 6.54 Å². The summed E-state index contributed by atoms with van der Waals surface area (Å²) in [5, 5.41) is 11.2. The predicted molar refractivity (Wildman–Crippen MR) is 62.1 cm³/mol. The zero-order chi connectivity index (χ0) is 11.3. The second kappa shape index (κ2) is 5.28. The minimum Gasteiger partial charge on any atom is -0.481 e. The normalized spacial score (nSPS) is 14.8. The molecule has 0 saturated carbocycles. The van der Waals surface area contributed by atoms with Gasteiger partial charge >= 0.3 is 5.97 Å². The predicted octanol–water partition coefficient (Wildman–Crippen LogP) is 2.12. The van der Waals surface area contributed by atoms with Crippen LogP contribution in [0.5, 0.6) is 0 Å². The van der Waals surface area contributed by atoms with E-state index >= 15 is 0 Å². The number of carbonyl (C=O) groups is 1. The van der Waals surface area contributed by atoms with Crippen LogP contribution in [0.15, 0.2) is 17.5 Å². The quantitative estimate of drug-likeness (QED) is 0.782. The molecule has 1 heterocycles. The van der Waals surface area contributed by atoms with Crippen LogP contribution >= 0.6 is 11.3 Å². The minimum atomic E-state index is -0.778. The Morgan fingerprint density at radius 3 is 2.80 bits per heavy atom. The third-order valence-electron chi connectivity index (χ3n) is 2.67. The highest BCUT2D eigenvalue weighted by Gasteiger charge is 2.36.